The van der Waals surface area contributed by atoms with Gasteiger partial charge in [0.05, 0.1) is 0 Å². The van der Waals surface area contributed by atoms with Gasteiger partial charge < -0.3 is 10.2 Å². The molecule has 1 amide bonds. The second-order valence-corrected chi connectivity index (χ2v) is 5.41. The minimum absolute atomic E-state index is 0. The van der Waals surface area contributed by atoms with Crippen molar-refractivity contribution < 1.29 is 4.79 Å². The minimum atomic E-state index is -0.000602. The van der Waals surface area contributed by atoms with Gasteiger partial charge in [0.15, 0.2) is 0 Å². The smallest absolute Gasteiger partial charge is 0.254 e. The number of likely N-dealkylation sites (N-methyl/N-ethyl adjacent to an activating group) is 1. The Morgan fingerprint density at radius 2 is 1.95 bits per heavy atom. The number of halogens is 3. The lowest BCUT2D eigenvalue weighted by molar-refractivity contribution is 0.0698. The number of amides is 1. The van der Waals surface area contributed by atoms with E-state index >= 15 is 0 Å². The first-order valence-electron chi connectivity index (χ1n) is 6.03. The van der Waals surface area contributed by atoms with E-state index in [9.17, 15) is 4.79 Å². The average molecular weight is 324 g/mol. The maximum atomic E-state index is 12.3. The van der Waals surface area contributed by atoms with Crippen molar-refractivity contribution in [3.8, 4) is 0 Å². The Kier molecular flexibility index (Phi) is 6.40. The summed E-state index contributed by atoms with van der Waals surface area (Å²) in [5.74, 6) is -0.000602. The Bertz CT molecular complexity index is 433. The van der Waals surface area contributed by atoms with E-state index in [2.05, 4.69) is 5.32 Å². The van der Waals surface area contributed by atoms with Crippen LogP contribution in [0.4, 0.5) is 0 Å². The molecule has 1 aliphatic heterocycles. The molecule has 2 rings (SSSR count). The van der Waals surface area contributed by atoms with Crippen molar-refractivity contribution in [2.75, 3.05) is 20.1 Å². The molecule has 1 unspecified atom stereocenters. The molecule has 0 spiro atoms. The molecule has 106 valence electrons. The molecule has 0 radical (unpaired) electrons. The standard InChI is InChI=1S/C13H16Cl2N2O.ClH/c1-16-12-3-2-4-17(8-12)13(18)9-5-10(14)7-11(15)6-9;/h5-7,12,16H,2-4,8H2,1H3;1H. The monoisotopic (exact) mass is 322 g/mol. The third-order valence-corrected chi connectivity index (χ3v) is 3.66. The van der Waals surface area contributed by atoms with Gasteiger partial charge in [0.25, 0.3) is 5.91 Å². The molecule has 0 aromatic heterocycles. The number of carbonyl (C=O) groups excluding carboxylic acids is 1. The summed E-state index contributed by atoms with van der Waals surface area (Å²) in [5.41, 5.74) is 0.559. The van der Waals surface area contributed by atoms with Crippen molar-refractivity contribution in [1.82, 2.24) is 10.2 Å². The number of carbonyl (C=O) groups is 1. The van der Waals surface area contributed by atoms with Crippen molar-refractivity contribution in [3.05, 3.63) is 33.8 Å². The van der Waals surface area contributed by atoms with Crippen LogP contribution >= 0.6 is 35.6 Å². The fourth-order valence-corrected chi connectivity index (χ4v) is 2.78. The topological polar surface area (TPSA) is 32.3 Å². The fourth-order valence-electron chi connectivity index (χ4n) is 2.26. The molecule has 0 saturated carbocycles. The summed E-state index contributed by atoms with van der Waals surface area (Å²) in [6.45, 7) is 1.53. The second-order valence-electron chi connectivity index (χ2n) is 4.54. The quantitative estimate of drug-likeness (QED) is 0.906. The van der Waals surface area contributed by atoms with E-state index in [1.54, 1.807) is 18.2 Å². The number of benzene rings is 1. The summed E-state index contributed by atoms with van der Waals surface area (Å²) >= 11 is 11.8. The van der Waals surface area contributed by atoms with Crippen LogP contribution in [0.1, 0.15) is 23.2 Å². The number of piperidine rings is 1. The second kappa shape index (κ2) is 7.34. The van der Waals surface area contributed by atoms with E-state index in [-0.39, 0.29) is 18.3 Å². The minimum Gasteiger partial charge on any atom is -0.337 e. The molecule has 0 aliphatic carbocycles. The Balaban J connectivity index is 0.00000180. The van der Waals surface area contributed by atoms with Gasteiger partial charge in [-0.1, -0.05) is 23.2 Å². The Morgan fingerprint density at radius 3 is 2.53 bits per heavy atom. The summed E-state index contributed by atoms with van der Waals surface area (Å²) < 4.78 is 0. The number of likely N-dealkylation sites (tertiary alicyclic amines) is 1. The number of nitrogens with one attached hydrogen (secondary N) is 1. The predicted molar refractivity (Wildman–Crippen MR) is 81.7 cm³/mol. The largest absolute Gasteiger partial charge is 0.337 e. The van der Waals surface area contributed by atoms with Crippen LogP contribution in [-0.2, 0) is 0 Å². The molecule has 0 bridgehead atoms. The summed E-state index contributed by atoms with van der Waals surface area (Å²) in [5, 5.41) is 4.20. The van der Waals surface area contributed by atoms with E-state index in [0.717, 1.165) is 25.9 Å². The maximum absolute atomic E-state index is 12.3. The molecule has 19 heavy (non-hydrogen) atoms. The summed E-state index contributed by atoms with van der Waals surface area (Å²) in [7, 11) is 1.93. The first-order valence-corrected chi connectivity index (χ1v) is 6.78. The molecule has 3 nitrogen and oxygen atoms in total. The lowest BCUT2D eigenvalue weighted by Crippen LogP contribution is -2.46. The van der Waals surface area contributed by atoms with Gasteiger partial charge in [0.1, 0.15) is 0 Å². The van der Waals surface area contributed by atoms with Crippen molar-refractivity contribution >= 4 is 41.5 Å². The summed E-state index contributed by atoms with van der Waals surface area (Å²) in [6, 6.07) is 5.33. The number of nitrogens with zero attached hydrogens (tertiary/aromatic N) is 1. The highest BCUT2D eigenvalue weighted by Crippen LogP contribution is 2.21. The van der Waals surface area contributed by atoms with Gasteiger partial charge in [-0.15, -0.1) is 12.4 Å². The molecule has 6 heteroatoms. The van der Waals surface area contributed by atoms with Gasteiger partial charge in [0.2, 0.25) is 0 Å². The maximum Gasteiger partial charge on any atom is 0.254 e. The molecule has 1 aliphatic rings. The van der Waals surface area contributed by atoms with E-state index in [1.165, 1.54) is 0 Å². The molecule has 1 fully saturated rings. The predicted octanol–water partition coefficient (Wildman–Crippen LogP) is 3.24. The lowest BCUT2D eigenvalue weighted by Gasteiger charge is -2.32. The van der Waals surface area contributed by atoms with Crippen LogP contribution < -0.4 is 5.32 Å². The van der Waals surface area contributed by atoms with Crippen LogP contribution in [0.25, 0.3) is 0 Å². The first kappa shape index (κ1) is 16.6. The highest BCUT2D eigenvalue weighted by molar-refractivity contribution is 6.35. The number of rotatable bonds is 2. The molecule has 1 saturated heterocycles. The average Bonchev–Trinajstić information content (AvgIpc) is 2.37. The summed E-state index contributed by atoms with van der Waals surface area (Å²) in [4.78, 5) is 14.2. The van der Waals surface area contributed by atoms with Gasteiger partial charge >= 0.3 is 0 Å². The van der Waals surface area contributed by atoms with Crippen LogP contribution in [0.15, 0.2) is 18.2 Å². The summed E-state index contributed by atoms with van der Waals surface area (Å²) in [6.07, 6.45) is 2.13. The molecule has 1 N–H and O–H groups in total. The normalized spacial score (nSPS) is 18.9. The molecule has 1 aromatic rings. The third kappa shape index (κ3) is 4.25. The van der Waals surface area contributed by atoms with Gasteiger partial charge in [-0.3, -0.25) is 4.79 Å². The van der Waals surface area contributed by atoms with Gasteiger partial charge in [-0.05, 0) is 38.1 Å². The zero-order chi connectivity index (χ0) is 13.1. The van der Waals surface area contributed by atoms with E-state index in [1.807, 2.05) is 11.9 Å². The van der Waals surface area contributed by atoms with Gasteiger partial charge in [0, 0.05) is 34.7 Å². The Hall–Kier alpha value is -0.480. The van der Waals surface area contributed by atoms with Crippen molar-refractivity contribution in [2.24, 2.45) is 0 Å². The zero-order valence-corrected chi connectivity index (χ0v) is 13.0. The van der Waals surface area contributed by atoms with E-state index in [0.29, 0.717) is 21.7 Å². The molecule has 1 atom stereocenters. The molecule has 1 aromatic carbocycles. The Labute approximate surface area is 129 Å². The molecular formula is C13H17Cl3N2O. The zero-order valence-electron chi connectivity index (χ0n) is 10.7. The van der Waals surface area contributed by atoms with Gasteiger partial charge in [-0.2, -0.15) is 0 Å². The van der Waals surface area contributed by atoms with Gasteiger partial charge in [-0.25, -0.2) is 0 Å². The van der Waals surface area contributed by atoms with Crippen molar-refractivity contribution in [2.45, 2.75) is 18.9 Å². The van der Waals surface area contributed by atoms with E-state index in [4.69, 9.17) is 23.2 Å². The van der Waals surface area contributed by atoms with Crippen molar-refractivity contribution in [3.63, 3.8) is 0 Å². The number of hydrogen-bond donors (Lipinski definition) is 1. The molecule has 1 heterocycles. The third-order valence-electron chi connectivity index (χ3n) is 3.23. The number of hydrogen-bond acceptors (Lipinski definition) is 2. The van der Waals surface area contributed by atoms with Crippen LogP contribution in [0, 0.1) is 0 Å². The first-order chi connectivity index (χ1) is 8.60. The van der Waals surface area contributed by atoms with E-state index < -0.39 is 0 Å². The highest BCUT2D eigenvalue weighted by atomic mass is 35.5. The van der Waals surface area contributed by atoms with Crippen LogP contribution in [0.5, 0.6) is 0 Å². The van der Waals surface area contributed by atoms with Crippen LogP contribution in [-0.4, -0.2) is 37.0 Å². The highest BCUT2D eigenvalue weighted by Gasteiger charge is 2.23. The van der Waals surface area contributed by atoms with Crippen LogP contribution in [0.3, 0.4) is 0 Å². The lowest BCUT2D eigenvalue weighted by atomic mass is 10.0. The Morgan fingerprint density at radius 1 is 1.32 bits per heavy atom. The SMILES string of the molecule is CNC1CCCN(C(=O)c2cc(Cl)cc(Cl)c2)C1.Cl. The molecular weight excluding hydrogens is 307 g/mol. The van der Waals surface area contributed by atoms with Crippen LogP contribution in [0.2, 0.25) is 10.0 Å². The fraction of sp³-hybridized carbons (Fsp3) is 0.462. The van der Waals surface area contributed by atoms with Crippen molar-refractivity contribution in [1.29, 1.82) is 0 Å².